The Kier molecular flexibility index (Phi) is 2.14. The Labute approximate surface area is 87.3 Å². The molecule has 3 rings (SSSR count). The van der Waals surface area contributed by atoms with Crippen LogP contribution < -0.4 is 10.2 Å². The van der Waals surface area contributed by atoms with E-state index in [2.05, 4.69) is 20.4 Å². The molecule has 2 unspecified atom stereocenters. The minimum Gasteiger partial charge on any atom is -0.342 e. The van der Waals surface area contributed by atoms with Gasteiger partial charge in [-0.15, -0.1) is 10.2 Å². The first-order chi connectivity index (χ1) is 6.95. The SMILES string of the molecule is c1nnc(N2CCCC3CNCC32)s1. The van der Waals surface area contributed by atoms with Gasteiger partial charge in [0, 0.05) is 25.7 Å². The summed E-state index contributed by atoms with van der Waals surface area (Å²) in [6.07, 6.45) is 2.66. The highest BCUT2D eigenvalue weighted by atomic mass is 32.1. The Bertz CT molecular complexity index is 300. The monoisotopic (exact) mass is 210 g/mol. The molecule has 0 aromatic carbocycles. The van der Waals surface area contributed by atoms with Crippen LogP contribution in [-0.2, 0) is 0 Å². The number of anilines is 1. The summed E-state index contributed by atoms with van der Waals surface area (Å²) < 4.78 is 0. The quantitative estimate of drug-likeness (QED) is 0.742. The van der Waals surface area contributed by atoms with Crippen LogP contribution in [0.5, 0.6) is 0 Å². The van der Waals surface area contributed by atoms with Crippen molar-refractivity contribution in [3.8, 4) is 0 Å². The van der Waals surface area contributed by atoms with E-state index in [1.54, 1.807) is 11.3 Å². The highest BCUT2D eigenvalue weighted by Gasteiger charge is 2.35. The molecule has 0 saturated carbocycles. The molecule has 0 spiro atoms. The molecular formula is C9H14N4S. The molecule has 1 N–H and O–H groups in total. The molecule has 14 heavy (non-hydrogen) atoms. The Morgan fingerprint density at radius 2 is 2.50 bits per heavy atom. The van der Waals surface area contributed by atoms with Crippen molar-refractivity contribution in [2.24, 2.45) is 5.92 Å². The smallest absolute Gasteiger partial charge is 0.208 e. The van der Waals surface area contributed by atoms with Crippen LogP contribution in [0.25, 0.3) is 0 Å². The third-order valence-corrected chi connectivity index (χ3v) is 4.00. The Hall–Kier alpha value is -0.680. The van der Waals surface area contributed by atoms with Gasteiger partial charge in [0.1, 0.15) is 5.51 Å². The van der Waals surface area contributed by atoms with Crippen LogP contribution in [0.15, 0.2) is 5.51 Å². The molecule has 1 aromatic heterocycles. The summed E-state index contributed by atoms with van der Waals surface area (Å²) in [6.45, 7) is 3.45. The van der Waals surface area contributed by atoms with E-state index in [1.807, 2.05) is 5.51 Å². The lowest BCUT2D eigenvalue weighted by Gasteiger charge is -2.36. The second kappa shape index (κ2) is 3.47. The summed E-state index contributed by atoms with van der Waals surface area (Å²) in [6, 6.07) is 0.664. The van der Waals surface area contributed by atoms with Crippen molar-refractivity contribution in [3.05, 3.63) is 5.51 Å². The van der Waals surface area contributed by atoms with Crippen molar-refractivity contribution in [3.63, 3.8) is 0 Å². The number of hydrogen-bond donors (Lipinski definition) is 1. The van der Waals surface area contributed by atoms with Gasteiger partial charge in [0.15, 0.2) is 0 Å². The molecule has 3 heterocycles. The van der Waals surface area contributed by atoms with Gasteiger partial charge < -0.3 is 10.2 Å². The zero-order valence-corrected chi connectivity index (χ0v) is 8.83. The van der Waals surface area contributed by atoms with Gasteiger partial charge in [-0.25, -0.2) is 0 Å². The van der Waals surface area contributed by atoms with Crippen molar-refractivity contribution in [1.82, 2.24) is 15.5 Å². The average molecular weight is 210 g/mol. The molecule has 0 bridgehead atoms. The van der Waals surface area contributed by atoms with Gasteiger partial charge in [-0.3, -0.25) is 0 Å². The second-order valence-electron chi connectivity index (χ2n) is 4.04. The highest BCUT2D eigenvalue weighted by molar-refractivity contribution is 7.13. The van der Waals surface area contributed by atoms with Crippen molar-refractivity contribution in [2.45, 2.75) is 18.9 Å². The first-order valence-corrected chi connectivity index (χ1v) is 6.06. The minimum absolute atomic E-state index is 0.664. The molecule has 4 nitrogen and oxygen atoms in total. The number of nitrogens with one attached hydrogen (secondary N) is 1. The maximum absolute atomic E-state index is 4.17. The van der Waals surface area contributed by atoms with Crippen LogP contribution in [-0.4, -0.2) is 35.9 Å². The fraction of sp³-hybridized carbons (Fsp3) is 0.778. The third-order valence-electron chi connectivity index (χ3n) is 3.27. The second-order valence-corrected chi connectivity index (χ2v) is 4.85. The predicted molar refractivity (Wildman–Crippen MR) is 56.6 cm³/mol. The zero-order chi connectivity index (χ0) is 9.38. The predicted octanol–water partition coefficient (Wildman–Crippen LogP) is 0.726. The lowest BCUT2D eigenvalue weighted by Crippen LogP contribution is -2.45. The molecule has 2 saturated heterocycles. The van der Waals surface area contributed by atoms with Gasteiger partial charge >= 0.3 is 0 Å². The fourth-order valence-electron chi connectivity index (χ4n) is 2.60. The number of piperidine rings is 1. The summed E-state index contributed by atoms with van der Waals surface area (Å²) in [5, 5.41) is 12.7. The average Bonchev–Trinajstić information content (AvgIpc) is 2.88. The lowest BCUT2D eigenvalue weighted by molar-refractivity contribution is 0.384. The Morgan fingerprint density at radius 3 is 3.36 bits per heavy atom. The van der Waals surface area contributed by atoms with Crippen LogP contribution in [0.2, 0.25) is 0 Å². The van der Waals surface area contributed by atoms with Crippen LogP contribution in [0.4, 0.5) is 5.13 Å². The van der Waals surface area contributed by atoms with Crippen molar-refractivity contribution in [1.29, 1.82) is 0 Å². The number of fused-ring (bicyclic) bond motifs is 1. The maximum atomic E-state index is 4.17. The minimum atomic E-state index is 0.664. The third kappa shape index (κ3) is 1.31. The molecule has 2 aliphatic rings. The zero-order valence-electron chi connectivity index (χ0n) is 8.02. The molecule has 2 fully saturated rings. The highest BCUT2D eigenvalue weighted by Crippen LogP contribution is 2.31. The molecule has 5 heteroatoms. The molecular weight excluding hydrogens is 196 g/mol. The number of rotatable bonds is 1. The standard InChI is InChI=1S/C9H14N4S/c1-2-7-4-10-5-8(7)13(3-1)9-12-11-6-14-9/h6-8,10H,1-5H2. The van der Waals surface area contributed by atoms with E-state index in [9.17, 15) is 0 Å². The molecule has 76 valence electrons. The van der Waals surface area contributed by atoms with E-state index in [-0.39, 0.29) is 0 Å². The van der Waals surface area contributed by atoms with Gasteiger partial charge in [-0.1, -0.05) is 11.3 Å². The van der Waals surface area contributed by atoms with Gasteiger partial charge in [0.25, 0.3) is 0 Å². The molecule has 0 amide bonds. The lowest BCUT2D eigenvalue weighted by atomic mass is 9.92. The summed E-state index contributed by atoms with van der Waals surface area (Å²) in [7, 11) is 0. The summed E-state index contributed by atoms with van der Waals surface area (Å²) >= 11 is 1.65. The number of hydrogen-bond acceptors (Lipinski definition) is 5. The van der Waals surface area contributed by atoms with Gasteiger partial charge in [-0.05, 0) is 18.8 Å². The largest absolute Gasteiger partial charge is 0.342 e. The van der Waals surface area contributed by atoms with Crippen LogP contribution in [0.1, 0.15) is 12.8 Å². The summed E-state index contributed by atoms with van der Waals surface area (Å²) in [5.41, 5.74) is 1.82. The molecule has 1 aromatic rings. The number of aromatic nitrogens is 2. The summed E-state index contributed by atoms with van der Waals surface area (Å²) in [5.74, 6) is 0.827. The van der Waals surface area contributed by atoms with Crippen LogP contribution >= 0.6 is 11.3 Å². The molecule has 2 atom stereocenters. The van der Waals surface area contributed by atoms with E-state index in [4.69, 9.17) is 0 Å². The normalized spacial score (nSPS) is 31.9. The topological polar surface area (TPSA) is 41.1 Å². The van der Waals surface area contributed by atoms with Crippen LogP contribution in [0.3, 0.4) is 0 Å². The van der Waals surface area contributed by atoms with Gasteiger partial charge in [0.2, 0.25) is 5.13 Å². The maximum Gasteiger partial charge on any atom is 0.208 e. The van der Waals surface area contributed by atoms with Gasteiger partial charge in [0.05, 0.1) is 0 Å². The van der Waals surface area contributed by atoms with Gasteiger partial charge in [-0.2, -0.15) is 0 Å². The fourth-order valence-corrected chi connectivity index (χ4v) is 3.24. The molecule has 0 aliphatic carbocycles. The Balaban J connectivity index is 1.84. The number of nitrogens with zero attached hydrogens (tertiary/aromatic N) is 3. The molecule has 0 radical (unpaired) electrons. The van der Waals surface area contributed by atoms with Crippen molar-refractivity contribution in [2.75, 3.05) is 24.5 Å². The van der Waals surface area contributed by atoms with Crippen molar-refractivity contribution >= 4 is 16.5 Å². The van der Waals surface area contributed by atoms with E-state index >= 15 is 0 Å². The Morgan fingerprint density at radius 1 is 1.50 bits per heavy atom. The summed E-state index contributed by atoms with van der Waals surface area (Å²) in [4.78, 5) is 2.44. The van der Waals surface area contributed by atoms with E-state index in [0.29, 0.717) is 6.04 Å². The van der Waals surface area contributed by atoms with E-state index < -0.39 is 0 Å². The first-order valence-electron chi connectivity index (χ1n) is 5.18. The van der Waals surface area contributed by atoms with E-state index in [1.165, 1.54) is 19.4 Å². The van der Waals surface area contributed by atoms with Crippen LogP contribution in [0, 0.1) is 5.92 Å². The molecule has 2 aliphatic heterocycles. The van der Waals surface area contributed by atoms with E-state index in [0.717, 1.165) is 24.1 Å². The van der Waals surface area contributed by atoms with Crippen molar-refractivity contribution < 1.29 is 0 Å². The first kappa shape index (κ1) is 8.61.